The van der Waals surface area contributed by atoms with Crippen molar-refractivity contribution in [2.45, 2.75) is 32.2 Å². The molecular formula is C25H25ClN5O6P. The second-order valence-corrected chi connectivity index (χ2v) is 10.6. The van der Waals surface area contributed by atoms with Crippen LogP contribution in [0.4, 0.5) is 5.82 Å². The number of anilines is 1. The van der Waals surface area contributed by atoms with Gasteiger partial charge in [-0.2, -0.15) is 5.10 Å². The van der Waals surface area contributed by atoms with Crippen molar-refractivity contribution in [3.05, 3.63) is 65.4 Å². The van der Waals surface area contributed by atoms with E-state index in [2.05, 4.69) is 19.9 Å². The number of fused-ring (bicyclic) bond motifs is 1. The third kappa shape index (κ3) is 6.56. The number of pyridine rings is 2. The predicted molar refractivity (Wildman–Crippen MR) is 141 cm³/mol. The van der Waals surface area contributed by atoms with Crippen molar-refractivity contribution >= 4 is 42.2 Å². The highest BCUT2D eigenvalue weighted by atomic mass is 35.5. The van der Waals surface area contributed by atoms with E-state index in [1.165, 1.54) is 19.0 Å². The molecule has 1 aromatic carbocycles. The van der Waals surface area contributed by atoms with Gasteiger partial charge in [-0.3, -0.25) is 9.78 Å². The number of hydrogen-bond acceptors (Lipinski definition) is 7. The fourth-order valence-corrected chi connectivity index (χ4v) is 4.46. The molecule has 3 heterocycles. The largest absolute Gasteiger partial charge is 0.472 e. The Balaban J connectivity index is 1.42. The van der Waals surface area contributed by atoms with Gasteiger partial charge in [0.15, 0.2) is 18.3 Å². The second kappa shape index (κ2) is 11.2. The number of carbonyl (C=O) groups is 1. The fraction of sp³-hybridized carbons (Fsp3) is 0.280. The zero-order valence-corrected chi connectivity index (χ0v) is 21.8. The van der Waals surface area contributed by atoms with Gasteiger partial charge < -0.3 is 19.8 Å². The molecule has 0 bridgehead atoms. The van der Waals surface area contributed by atoms with E-state index in [4.69, 9.17) is 31.1 Å². The normalized spacial score (nSPS) is 13.6. The quantitative estimate of drug-likeness (QED) is 0.170. The Labute approximate surface area is 223 Å². The molecule has 4 aromatic rings. The van der Waals surface area contributed by atoms with Crippen molar-refractivity contribution in [1.29, 1.82) is 0 Å². The van der Waals surface area contributed by atoms with Crippen molar-refractivity contribution in [3.8, 4) is 17.0 Å². The van der Waals surface area contributed by atoms with Crippen LogP contribution < -0.4 is 10.1 Å². The van der Waals surface area contributed by atoms with Gasteiger partial charge in [0.05, 0.1) is 21.7 Å². The SMILES string of the molecule is O=C(Nc1nn(CCCC2CC2)c2nc(-c3ccc(OCOP(=O)(O)O)cc3)c(Cl)cc12)c1cccnc1. The molecule has 1 saturated carbocycles. The highest BCUT2D eigenvalue weighted by Gasteiger charge is 2.22. The topological polar surface area (TPSA) is 149 Å². The number of amides is 1. The van der Waals surface area contributed by atoms with Gasteiger partial charge in [-0.25, -0.2) is 18.8 Å². The minimum atomic E-state index is -4.62. The molecule has 3 N–H and O–H groups in total. The first kappa shape index (κ1) is 26.3. The van der Waals surface area contributed by atoms with Crippen molar-refractivity contribution in [2.24, 2.45) is 5.92 Å². The molecule has 13 heteroatoms. The number of phosphoric ester groups is 1. The van der Waals surface area contributed by atoms with Crippen LogP contribution in [0.5, 0.6) is 5.75 Å². The lowest BCUT2D eigenvalue weighted by molar-refractivity contribution is 0.0829. The van der Waals surface area contributed by atoms with Gasteiger partial charge in [0.1, 0.15) is 5.75 Å². The summed E-state index contributed by atoms with van der Waals surface area (Å²) >= 11 is 6.64. The molecule has 1 fully saturated rings. The summed E-state index contributed by atoms with van der Waals surface area (Å²) < 4.78 is 22.1. The van der Waals surface area contributed by atoms with Crippen LogP contribution in [0.1, 0.15) is 36.0 Å². The maximum Gasteiger partial charge on any atom is 0.472 e. The fourth-order valence-electron chi connectivity index (χ4n) is 4.01. The standard InChI is InChI=1S/C25H25ClN5O6P/c26-21-13-20-23(29-25(32)18-4-1-11-27-14-18)30-31(12-2-3-16-5-6-16)24(20)28-22(21)17-7-9-19(10-8-17)36-15-37-38(33,34)35/h1,4,7-11,13-14,16H,2-3,5-6,12,15H2,(H,29,30,32)(H2,33,34,35). The number of aryl methyl sites for hydroxylation is 1. The van der Waals surface area contributed by atoms with Crippen LogP contribution in [0.25, 0.3) is 22.3 Å². The zero-order valence-electron chi connectivity index (χ0n) is 20.2. The number of aromatic nitrogens is 4. The minimum absolute atomic E-state index is 0.332. The van der Waals surface area contributed by atoms with Crippen molar-refractivity contribution in [3.63, 3.8) is 0 Å². The number of hydrogen-bond donors (Lipinski definition) is 3. The summed E-state index contributed by atoms with van der Waals surface area (Å²) in [5.74, 6) is 1.17. The molecular weight excluding hydrogens is 533 g/mol. The van der Waals surface area contributed by atoms with Gasteiger partial charge in [0.2, 0.25) is 0 Å². The molecule has 0 spiro atoms. The van der Waals surface area contributed by atoms with Crippen LogP contribution in [0.15, 0.2) is 54.9 Å². The van der Waals surface area contributed by atoms with E-state index < -0.39 is 14.6 Å². The molecule has 11 nitrogen and oxygen atoms in total. The number of ether oxygens (including phenoxy) is 1. The molecule has 0 atom stereocenters. The van der Waals surface area contributed by atoms with E-state index >= 15 is 0 Å². The number of rotatable bonds is 11. The molecule has 0 unspecified atom stereocenters. The first-order valence-corrected chi connectivity index (χ1v) is 13.9. The van der Waals surface area contributed by atoms with Gasteiger partial charge in [0.25, 0.3) is 5.91 Å². The molecule has 1 amide bonds. The van der Waals surface area contributed by atoms with Crippen LogP contribution in [-0.4, -0.2) is 42.2 Å². The molecule has 3 aromatic heterocycles. The summed E-state index contributed by atoms with van der Waals surface area (Å²) in [7, 11) is -4.62. The number of benzene rings is 1. The average Bonchev–Trinajstić information content (AvgIpc) is 3.66. The van der Waals surface area contributed by atoms with Gasteiger partial charge in [-0.1, -0.05) is 24.4 Å². The lowest BCUT2D eigenvalue weighted by Gasteiger charge is -2.09. The van der Waals surface area contributed by atoms with Gasteiger partial charge >= 0.3 is 7.82 Å². The Morgan fingerprint density at radius 3 is 2.68 bits per heavy atom. The molecule has 38 heavy (non-hydrogen) atoms. The Morgan fingerprint density at radius 2 is 2.00 bits per heavy atom. The smallest absolute Gasteiger partial charge is 0.467 e. The summed E-state index contributed by atoms with van der Waals surface area (Å²) in [6.07, 6.45) is 7.69. The average molecular weight is 558 g/mol. The zero-order chi connectivity index (χ0) is 26.7. The summed E-state index contributed by atoms with van der Waals surface area (Å²) in [6.45, 7) is 0.0539. The lowest BCUT2D eigenvalue weighted by atomic mass is 10.1. The third-order valence-corrected chi connectivity index (χ3v) is 6.82. The first-order valence-electron chi connectivity index (χ1n) is 12.0. The monoisotopic (exact) mass is 557 g/mol. The molecule has 0 saturated heterocycles. The Hall–Kier alpha value is -3.34. The number of nitrogens with zero attached hydrogens (tertiary/aromatic N) is 4. The minimum Gasteiger partial charge on any atom is -0.467 e. The highest BCUT2D eigenvalue weighted by Crippen LogP contribution is 2.37. The first-order chi connectivity index (χ1) is 18.3. The van der Waals surface area contributed by atoms with Crippen molar-refractivity contribution in [2.75, 3.05) is 12.1 Å². The predicted octanol–water partition coefficient (Wildman–Crippen LogP) is 5.03. The van der Waals surface area contributed by atoms with Gasteiger partial charge in [0, 0.05) is 24.5 Å². The van der Waals surface area contributed by atoms with E-state index in [0.29, 0.717) is 51.0 Å². The van der Waals surface area contributed by atoms with E-state index in [0.717, 1.165) is 18.8 Å². The van der Waals surface area contributed by atoms with E-state index in [-0.39, 0.29) is 5.91 Å². The lowest BCUT2D eigenvalue weighted by Crippen LogP contribution is -2.13. The summed E-state index contributed by atoms with van der Waals surface area (Å²) in [5.41, 5.74) is 2.22. The molecule has 0 radical (unpaired) electrons. The number of phosphoric acid groups is 1. The van der Waals surface area contributed by atoms with E-state index in [9.17, 15) is 9.36 Å². The van der Waals surface area contributed by atoms with Crippen LogP contribution >= 0.6 is 19.4 Å². The number of nitrogens with one attached hydrogen (secondary N) is 1. The van der Waals surface area contributed by atoms with Gasteiger partial charge in [-0.15, -0.1) is 0 Å². The van der Waals surface area contributed by atoms with E-state index in [1.54, 1.807) is 53.3 Å². The second-order valence-electron chi connectivity index (χ2n) is 8.95. The number of halogens is 1. The maximum absolute atomic E-state index is 12.8. The Bertz CT molecular complexity index is 1490. The third-order valence-electron chi connectivity index (χ3n) is 6.09. The maximum atomic E-state index is 12.8. The Kier molecular flexibility index (Phi) is 7.73. The van der Waals surface area contributed by atoms with Crippen LogP contribution in [0.3, 0.4) is 0 Å². The van der Waals surface area contributed by atoms with E-state index in [1.807, 2.05) is 0 Å². The van der Waals surface area contributed by atoms with Crippen molar-refractivity contribution < 1.29 is 28.4 Å². The summed E-state index contributed by atoms with van der Waals surface area (Å²) in [6, 6.07) is 11.8. The molecule has 0 aliphatic heterocycles. The van der Waals surface area contributed by atoms with Crippen LogP contribution in [0, 0.1) is 5.92 Å². The molecule has 5 rings (SSSR count). The van der Waals surface area contributed by atoms with Crippen LogP contribution in [-0.2, 0) is 15.6 Å². The Morgan fingerprint density at radius 1 is 1.21 bits per heavy atom. The molecule has 1 aliphatic carbocycles. The van der Waals surface area contributed by atoms with Crippen molar-refractivity contribution in [1.82, 2.24) is 19.7 Å². The number of carbonyl (C=O) groups excluding carboxylic acids is 1. The molecule has 1 aliphatic rings. The summed E-state index contributed by atoms with van der Waals surface area (Å²) in [5, 5.41) is 8.51. The highest BCUT2D eigenvalue weighted by molar-refractivity contribution is 7.46. The van der Waals surface area contributed by atoms with Gasteiger partial charge in [-0.05, 0) is 61.2 Å². The van der Waals surface area contributed by atoms with Crippen LogP contribution in [0.2, 0.25) is 5.02 Å². The molecule has 198 valence electrons. The summed E-state index contributed by atoms with van der Waals surface area (Å²) in [4.78, 5) is 39.2.